The van der Waals surface area contributed by atoms with Gasteiger partial charge in [0.2, 0.25) is 0 Å². The molecule has 0 saturated carbocycles. The van der Waals surface area contributed by atoms with Crippen LogP contribution in [0.3, 0.4) is 0 Å². The Kier molecular flexibility index (Phi) is 15.5. The van der Waals surface area contributed by atoms with Gasteiger partial charge in [0.1, 0.15) is 17.9 Å². The van der Waals surface area contributed by atoms with Gasteiger partial charge in [0.05, 0.1) is 32.7 Å². The van der Waals surface area contributed by atoms with Crippen molar-refractivity contribution in [2.75, 3.05) is 52.2 Å². The van der Waals surface area contributed by atoms with Crippen LogP contribution in [-0.2, 0) is 40.6 Å². The van der Waals surface area contributed by atoms with E-state index >= 15 is 0 Å². The van der Waals surface area contributed by atoms with Crippen molar-refractivity contribution >= 4 is 25.5 Å². The molecule has 2 aromatic carbocycles. The first-order valence-corrected chi connectivity index (χ1v) is 15.4. The molecule has 0 fully saturated rings. The summed E-state index contributed by atoms with van der Waals surface area (Å²) in [5.74, 6) is -3.55. The molecule has 2 rings (SSSR count). The number of hydrogen-bond acceptors (Lipinski definition) is 9. The van der Waals surface area contributed by atoms with Gasteiger partial charge in [-0.2, -0.15) is 0 Å². The van der Waals surface area contributed by atoms with E-state index in [4.69, 9.17) is 9.47 Å². The van der Waals surface area contributed by atoms with E-state index in [9.17, 15) is 44.1 Å². The summed E-state index contributed by atoms with van der Waals surface area (Å²) in [6.07, 6.45) is -1.65. The van der Waals surface area contributed by atoms with Crippen molar-refractivity contribution in [3.63, 3.8) is 0 Å². The lowest BCUT2D eigenvalue weighted by atomic mass is 9.87. The lowest BCUT2D eigenvalue weighted by Crippen LogP contribution is -2.45. The molecule has 0 heterocycles. The van der Waals surface area contributed by atoms with Crippen molar-refractivity contribution in [1.82, 2.24) is 15.5 Å². The summed E-state index contributed by atoms with van der Waals surface area (Å²) < 4.78 is 23.0. The van der Waals surface area contributed by atoms with Crippen LogP contribution in [-0.4, -0.2) is 106 Å². The van der Waals surface area contributed by atoms with Crippen molar-refractivity contribution in [3.05, 3.63) is 71.8 Å². The first kappa shape index (κ1) is 36.0. The van der Waals surface area contributed by atoms with Crippen LogP contribution in [0.5, 0.6) is 0 Å². The first-order valence-electron chi connectivity index (χ1n) is 13.6. The highest BCUT2D eigenvalue weighted by Crippen LogP contribution is 2.35. The Bertz CT molecular complexity index is 1160. The zero-order chi connectivity index (χ0) is 31.7. The summed E-state index contributed by atoms with van der Waals surface area (Å²) in [5.41, 5.74) is -0.262. The van der Waals surface area contributed by atoms with Crippen molar-refractivity contribution in [1.29, 1.82) is 0 Å². The molecule has 0 aromatic heterocycles. The Balaban J connectivity index is 1.85. The number of rotatable bonds is 23. The number of hydrogen-bond donors (Lipinski definition) is 7. The Morgan fingerprint density at radius 2 is 1.44 bits per heavy atom. The van der Waals surface area contributed by atoms with Gasteiger partial charge in [0.25, 0.3) is 0 Å². The number of carbonyl (C=O) groups is 3. The van der Waals surface area contributed by atoms with Gasteiger partial charge in [-0.1, -0.05) is 60.7 Å². The fraction of sp³-hybridized carbons (Fsp3) is 0.464. The van der Waals surface area contributed by atoms with Gasteiger partial charge in [-0.15, -0.1) is 0 Å². The molecule has 2 aromatic rings. The Morgan fingerprint density at radius 1 is 0.860 bits per heavy atom. The summed E-state index contributed by atoms with van der Waals surface area (Å²) in [6, 6.07) is 16.5. The second-order valence-corrected chi connectivity index (χ2v) is 11.5. The van der Waals surface area contributed by atoms with E-state index in [1.54, 1.807) is 30.3 Å². The number of aliphatic carboxylic acids is 3. The minimum Gasteiger partial charge on any atom is -0.481 e. The zero-order valence-corrected chi connectivity index (χ0v) is 24.6. The maximum Gasteiger partial charge on any atom is 0.339 e. The average molecular weight is 626 g/mol. The van der Waals surface area contributed by atoms with E-state index in [2.05, 4.69) is 10.6 Å². The number of ether oxygens (including phenoxy) is 2. The van der Waals surface area contributed by atoms with E-state index in [1.807, 2.05) is 30.3 Å². The molecule has 43 heavy (non-hydrogen) atoms. The number of nitrogens with zero attached hydrogens (tertiary/aromatic N) is 1. The molecule has 238 valence electrons. The van der Waals surface area contributed by atoms with Gasteiger partial charge >= 0.3 is 25.5 Å². The molecule has 0 radical (unpaired) electrons. The van der Waals surface area contributed by atoms with Crippen LogP contribution in [0.2, 0.25) is 0 Å². The number of carboxylic acids is 3. The maximum atomic E-state index is 11.7. The molecule has 7 N–H and O–H groups in total. The molecule has 1 atom stereocenters. The molecular weight excluding hydrogens is 585 g/mol. The van der Waals surface area contributed by atoms with Gasteiger partial charge in [-0.3, -0.25) is 23.8 Å². The first-order chi connectivity index (χ1) is 20.4. The molecule has 0 aliphatic heterocycles. The SMILES string of the molecule is O=C(O)CC(CC(=O)O)(OCCNCCN(CCNC(COCc1ccccc1)C(=O)O)CP(=O)(O)O)c1ccccc1. The highest BCUT2D eigenvalue weighted by Gasteiger charge is 2.38. The molecule has 0 saturated heterocycles. The Labute approximate surface area is 249 Å². The van der Waals surface area contributed by atoms with Crippen molar-refractivity contribution in [2.24, 2.45) is 0 Å². The van der Waals surface area contributed by atoms with Crippen LogP contribution >= 0.6 is 7.60 Å². The summed E-state index contributed by atoms with van der Waals surface area (Å²) in [5, 5.41) is 34.3. The van der Waals surface area contributed by atoms with Crippen molar-refractivity contribution in [2.45, 2.75) is 31.1 Å². The number of carboxylic acid groups (broad SMARTS) is 3. The highest BCUT2D eigenvalue weighted by molar-refractivity contribution is 7.51. The predicted molar refractivity (Wildman–Crippen MR) is 155 cm³/mol. The third-order valence-corrected chi connectivity index (χ3v) is 7.10. The summed E-state index contributed by atoms with van der Waals surface area (Å²) in [7, 11) is -4.41. The van der Waals surface area contributed by atoms with Crippen LogP contribution in [0.1, 0.15) is 24.0 Å². The number of benzene rings is 2. The van der Waals surface area contributed by atoms with Crippen LogP contribution in [0.25, 0.3) is 0 Å². The third-order valence-electron chi connectivity index (χ3n) is 6.33. The summed E-state index contributed by atoms with van der Waals surface area (Å²) >= 11 is 0. The normalized spacial score (nSPS) is 12.7. The zero-order valence-electron chi connectivity index (χ0n) is 23.7. The molecule has 0 aliphatic rings. The van der Waals surface area contributed by atoms with Gasteiger partial charge in [-0.25, -0.2) is 0 Å². The molecular formula is C28H40N3O11P. The van der Waals surface area contributed by atoms with E-state index < -0.39 is 56.3 Å². The molecule has 0 spiro atoms. The van der Waals surface area contributed by atoms with Crippen LogP contribution < -0.4 is 10.6 Å². The van der Waals surface area contributed by atoms with Crippen molar-refractivity contribution < 1.29 is 53.5 Å². The summed E-state index contributed by atoms with van der Waals surface area (Å²) in [4.78, 5) is 55.2. The van der Waals surface area contributed by atoms with Gasteiger partial charge in [0, 0.05) is 32.7 Å². The number of nitrogens with one attached hydrogen (secondary N) is 2. The molecule has 14 nitrogen and oxygen atoms in total. The van der Waals surface area contributed by atoms with Gasteiger partial charge < -0.3 is 45.2 Å². The fourth-order valence-electron chi connectivity index (χ4n) is 4.36. The van der Waals surface area contributed by atoms with E-state index in [0.717, 1.165) is 5.56 Å². The molecule has 0 amide bonds. The average Bonchev–Trinajstić information content (AvgIpc) is 2.93. The Hall–Kier alpha value is -3.20. The van der Waals surface area contributed by atoms with E-state index in [0.29, 0.717) is 5.56 Å². The minimum absolute atomic E-state index is 0.0290. The van der Waals surface area contributed by atoms with E-state index in [-0.39, 0.29) is 52.5 Å². The molecule has 0 bridgehead atoms. The van der Waals surface area contributed by atoms with Crippen molar-refractivity contribution in [3.8, 4) is 0 Å². The van der Waals surface area contributed by atoms with Gasteiger partial charge in [0.15, 0.2) is 0 Å². The quantitative estimate of drug-likeness (QED) is 0.0681. The summed E-state index contributed by atoms with van der Waals surface area (Å²) in [6.45, 7) is 1.04. The standard InChI is InChI=1S/C28H40N3O11P/c32-25(33)17-28(18-26(34)35,23-9-5-2-6-10-23)42-16-13-29-11-14-31(21-43(38,39)40)15-12-30-24(27(36)37)20-41-19-22-7-3-1-4-8-22/h1-10,24,29-30H,11-21H2,(H,32,33)(H,34,35)(H,36,37)(H2,38,39,40). The monoisotopic (exact) mass is 625 g/mol. The van der Waals surface area contributed by atoms with Crippen LogP contribution in [0, 0.1) is 0 Å². The van der Waals surface area contributed by atoms with Crippen LogP contribution in [0.4, 0.5) is 0 Å². The fourth-order valence-corrected chi connectivity index (χ4v) is 5.16. The lowest BCUT2D eigenvalue weighted by Gasteiger charge is -2.32. The van der Waals surface area contributed by atoms with Crippen LogP contribution in [0.15, 0.2) is 60.7 Å². The lowest BCUT2D eigenvalue weighted by molar-refractivity contribution is -0.155. The van der Waals surface area contributed by atoms with Gasteiger partial charge in [-0.05, 0) is 11.1 Å². The Morgan fingerprint density at radius 3 is 2.00 bits per heavy atom. The smallest absolute Gasteiger partial charge is 0.339 e. The molecule has 0 aliphatic carbocycles. The maximum absolute atomic E-state index is 11.7. The predicted octanol–water partition coefficient (Wildman–Crippen LogP) is 1.13. The largest absolute Gasteiger partial charge is 0.481 e. The minimum atomic E-state index is -4.41. The third kappa shape index (κ3) is 14.7. The topological polar surface area (TPSA) is 215 Å². The molecule has 15 heteroatoms. The second kappa shape index (κ2) is 18.5. The molecule has 1 unspecified atom stereocenters. The van der Waals surface area contributed by atoms with E-state index in [1.165, 1.54) is 4.90 Å². The highest BCUT2D eigenvalue weighted by atomic mass is 31.2. The second-order valence-electron chi connectivity index (χ2n) is 9.87.